The molecule has 0 unspecified atom stereocenters. The van der Waals surface area contributed by atoms with Gasteiger partial charge in [0.05, 0.1) is 5.56 Å². The summed E-state index contributed by atoms with van der Waals surface area (Å²) in [6.45, 7) is 1.77. The molecule has 7 heteroatoms. The van der Waals surface area contributed by atoms with Crippen LogP contribution in [0, 0.1) is 6.92 Å². The molecular weight excluding hydrogens is 244 g/mol. The zero-order chi connectivity index (χ0) is 12.4. The van der Waals surface area contributed by atoms with E-state index in [2.05, 4.69) is 15.0 Å². The molecule has 0 saturated heterocycles. The molecule has 0 fully saturated rings. The lowest BCUT2D eigenvalue weighted by Gasteiger charge is -2.00. The predicted octanol–water partition coefficient (Wildman–Crippen LogP) is 2.00. The number of nitrogens with one attached hydrogen (secondary N) is 1. The van der Waals surface area contributed by atoms with Crippen LogP contribution in [-0.4, -0.2) is 22.1 Å². The number of thiophene rings is 1. The second kappa shape index (κ2) is 4.38. The van der Waals surface area contributed by atoms with E-state index in [1.165, 1.54) is 29.7 Å². The van der Waals surface area contributed by atoms with E-state index in [9.17, 15) is 9.59 Å². The fraction of sp³-hybridized carbons (Fsp3) is 0.100. The number of amides is 1. The minimum absolute atomic E-state index is 0.0735. The van der Waals surface area contributed by atoms with Gasteiger partial charge in [-0.2, -0.15) is 0 Å². The van der Waals surface area contributed by atoms with Crippen LogP contribution in [0.3, 0.4) is 0 Å². The molecule has 2 aromatic rings. The average Bonchev–Trinajstić information content (AvgIpc) is 2.86. The summed E-state index contributed by atoms with van der Waals surface area (Å²) in [6.07, 6.45) is 1.27. The summed E-state index contributed by atoms with van der Waals surface area (Å²) in [5, 5.41) is 15.2. The van der Waals surface area contributed by atoms with Gasteiger partial charge in [0.1, 0.15) is 11.3 Å². The van der Waals surface area contributed by atoms with Gasteiger partial charge in [-0.05, 0) is 13.0 Å². The van der Waals surface area contributed by atoms with Crippen molar-refractivity contribution in [2.24, 2.45) is 0 Å². The van der Waals surface area contributed by atoms with Crippen LogP contribution in [0.25, 0.3) is 0 Å². The van der Waals surface area contributed by atoms with Crippen molar-refractivity contribution in [3.8, 4) is 0 Å². The zero-order valence-corrected chi connectivity index (χ0v) is 9.58. The van der Waals surface area contributed by atoms with Crippen LogP contribution in [0.1, 0.15) is 25.7 Å². The normalized spacial score (nSPS) is 10.2. The predicted molar refractivity (Wildman–Crippen MR) is 60.5 cm³/mol. The molecule has 2 N–H and O–H groups in total. The number of aryl methyl sites for hydroxylation is 1. The van der Waals surface area contributed by atoms with E-state index >= 15 is 0 Å². The molecular formula is C10H8N2O4S. The van der Waals surface area contributed by atoms with Crippen LogP contribution < -0.4 is 5.32 Å². The smallest absolute Gasteiger partial charge is 0.338 e. The topological polar surface area (TPSA) is 92.4 Å². The number of anilines is 1. The highest BCUT2D eigenvalue weighted by Crippen LogP contribution is 2.27. The minimum atomic E-state index is -1.08. The van der Waals surface area contributed by atoms with Crippen molar-refractivity contribution in [2.45, 2.75) is 6.92 Å². The van der Waals surface area contributed by atoms with Crippen LogP contribution >= 0.6 is 11.3 Å². The molecule has 0 bridgehead atoms. The number of carboxylic acid groups (broad SMARTS) is 1. The van der Waals surface area contributed by atoms with Crippen molar-refractivity contribution in [3.05, 3.63) is 34.5 Å². The van der Waals surface area contributed by atoms with Gasteiger partial charge in [0.2, 0.25) is 0 Å². The van der Waals surface area contributed by atoms with E-state index < -0.39 is 11.9 Å². The first-order chi connectivity index (χ1) is 8.08. The first kappa shape index (κ1) is 11.3. The molecule has 0 radical (unpaired) electrons. The standard InChI is InChI=1S/C10H8N2O4S/c1-5-4-6(10(14)15)9(17-5)11-8(13)7-2-3-16-12-7/h2-4H,1H3,(H,11,13)(H,14,15). The van der Waals surface area contributed by atoms with Crippen molar-refractivity contribution >= 4 is 28.2 Å². The Labute approximate surface area is 99.9 Å². The van der Waals surface area contributed by atoms with Gasteiger partial charge in [0.15, 0.2) is 5.69 Å². The van der Waals surface area contributed by atoms with E-state index in [4.69, 9.17) is 5.11 Å². The summed E-state index contributed by atoms with van der Waals surface area (Å²) in [7, 11) is 0. The van der Waals surface area contributed by atoms with E-state index in [1.54, 1.807) is 6.92 Å². The lowest BCUT2D eigenvalue weighted by atomic mass is 10.3. The molecule has 0 spiro atoms. The first-order valence-electron chi connectivity index (χ1n) is 4.63. The van der Waals surface area contributed by atoms with Crippen molar-refractivity contribution in [1.29, 1.82) is 0 Å². The van der Waals surface area contributed by atoms with Crippen molar-refractivity contribution in [2.75, 3.05) is 5.32 Å². The van der Waals surface area contributed by atoms with Gasteiger partial charge in [-0.1, -0.05) is 5.16 Å². The van der Waals surface area contributed by atoms with Crippen molar-refractivity contribution in [1.82, 2.24) is 5.16 Å². The molecule has 6 nitrogen and oxygen atoms in total. The SMILES string of the molecule is Cc1cc(C(=O)O)c(NC(=O)c2ccon2)s1. The molecule has 2 heterocycles. The van der Waals surface area contributed by atoms with Crippen molar-refractivity contribution < 1.29 is 19.2 Å². The maximum absolute atomic E-state index is 11.6. The lowest BCUT2D eigenvalue weighted by molar-refractivity contribution is 0.0698. The van der Waals surface area contributed by atoms with Gasteiger partial charge < -0.3 is 14.9 Å². The van der Waals surface area contributed by atoms with Gasteiger partial charge in [-0.15, -0.1) is 11.3 Å². The maximum atomic E-state index is 11.6. The van der Waals surface area contributed by atoms with Crippen molar-refractivity contribution in [3.63, 3.8) is 0 Å². The molecule has 0 aliphatic rings. The summed E-state index contributed by atoms with van der Waals surface area (Å²) in [5.41, 5.74) is 0.178. The Morgan fingerprint density at radius 3 is 2.88 bits per heavy atom. The molecule has 0 aliphatic heterocycles. The highest BCUT2D eigenvalue weighted by Gasteiger charge is 2.17. The zero-order valence-electron chi connectivity index (χ0n) is 8.76. The number of aromatic nitrogens is 1. The molecule has 2 aromatic heterocycles. The third-order valence-corrected chi connectivity index (χ3v) is 2.95. The van der Waals surface area contributed by atoms with Crippen LogP contribution in [0.2, 0.25) is 0 Å². The van der Waals surface area contributed by atoms with Gasteiger partial charge in [-0.25, -0.2) is 4.79 Å². The molecule has 0 saturated carbocycles. The fourth-order valence-electron chi connectivity index (χ4n) is 1.26. The Bertz CT molecular complexity index is 559. The molecule has 0 atom stereocenters. The van der Waals surface area contributed by atoms with E-state index in [-0.39, 0.29) is 11.3 Å². The number of hydrogen-bond acceptors (Lipinski definition) is 5. The van der Waals surface area contributed by atoms with Gasteiger partial charge in [0, 0.05) is 10.9 Å². The fourth-order valence-corrected chi connectivity index (χ4v) is 2.16. The van der Waals surface area contributed by atoms with Gasteiger partial charge in [0.25, 0.3) is 5.91 Å². The van der Waals surface area contributed by atoms with Gasteiger partial charge >= 0.3 is 5.97 Å². The summed E-state index contributed by atoms with van der Waals surface area (Å²) in [5.74, 6) is -1.58. The van der Waals surface area contributed by atoms with E-state index in [0.717, 1.165) is 4.88 Å². The molecule has 0 aromatic carbocycles. The third-order valence-electron chi connectivity index (χ3n) is 1.98. The Morgan fingerprint density at radius 1 is 1.53 bits per heavy atom. The summed E-state index contributed by atoms with van der Waals surface area (Å²) >= 11 is 1.20. The second-order valence-electron chi connectivity index (χ2n) is 3.24. The largest absolute Gasteiger partial charge is 0.478 e. The Kier molecular flexibility index (Phi) is 2.92. The highest BCUT2D eigenvalue weighted by atomic mass is 32.1. The van der Waals surface area contributed by atoms with E-state index in [1.807, 2.05) is 0 Å². The summed E-state index contributed by atoms with van der Waals surface area (Å²) in [6, 6.07) is 2.90. The molecule has 1 amide bonds. The number of hydrogen-bond donors (Lipinski definition) is 2. The quantitative estimate of drug-likeness (QED) is 0.871. The Hall–Kier alpha value is -2.15. The monoisotopic (exact) mass is 252 g/mol. The molecule has 17 heavy (non-hydrogen) atoms. The molecule has 0 aliphatic carbocycles. The van der Waals surface area contributed by atoms with E-state index in [0.29, 0.717) is 5.00 Å². The average molecular weight is 252 g/mol. The molecule has 2 rings (SSSR count). The number of nitrogens with zero attached hydrogens (tertiary/aromatic N) is 1. The number of carboxylic acids is 1. The van der Waals surface area contributed by atoms with Crippen LogP contribution in [0.15, 0.2) is 22.9 Å². The number of carbonyl (C=O) groups is 2. The summed E-state index contributed by atoms with van der Waals surface area (Å²) < 4.78 is 4.53. The van der Waals surface area contributed by atoms with Crippen LogP contribution in [0.4, 0.5) is 5.00 Å². The Morgan fingerprint density at radius 2 is 2.29 bits per heavy atom. The second-order valence-corrected chi connectivity index (χ2v) is 4.50. The first-order valence-corrected chi connectivity index (χ1v) is 5.45. The maximum Gasteiger partial charge on any atom is 0.338 e. The van der Waals surface area contributed by atoms with Gasteiger partial charge in [-0.3, -0.25) is 4.79 Å². The summed E-state index contributed by atoms with van der Waals surface area (Å²) in [4.78, 5) is 23.4. The Balaban J connectivity index is 2.24. The highest BCUT2D eigenvalue weighted by molar-refractivity contribution is 7.16. The number of carbonyl (C=O) groups excluding carboxylic acids is 1. The minimum Gasteiger partial charge on any atom is -0.478 e. The lowest BCUT2D eigenvalue weighted by Crippen LogP contribution is -2.13. The van der Waals surface area contributed by atoms with Crippen LogP contribution in [0.5, 0.6) is 0 Å². The number of rotatable bonds is 3. The molecule has 88 valence electrons. The number of aromatic carboxylic acids is 1. The van der Waals surface area contributed by atoms with Crippen LogP contribution in [-0.2, 0) is 0 Å². The third kappa shape index (κ3) is 2.34.